The second-order valence-electron chi connectivity index (χ2n) is 5.25. The fraction of sp³-hybridized carbons (Fsp3) is 1.00. The molecule has 1 N–H and O–H groups in total. The van der Waals surface area contributed by atoms with E-state index in [1.165, 1.54) is 12.2 Å². The molecule has 2 rings (SSSR count). The molecular weight excluding hydrogens is 250 g/mol. The van der Waals surface area contributed by atoms with Gasteiger partial charge in [0.2, 0.25) is 0 Å². The van der Waals surface area contributed by atoms with Gasteiger partial charge in [0, 0.05) is 39.2 Å². The van der Waals surface area contributed by atoms with E-state index in [1.54, 1.807) is 14.2 Å². The van der Waals surface area contributed by atoms with Gasteiger partial charge in [-0.1, -0.05) is 0 Å². The van der Waals surface area contributed by atoms with Gasteiger partial charge in [-0.05, 0) is 25.0 Å². The van der Waals surface area contributed by atoms with Gasteiger partial charge >= 0.3 is 0 Å². The van der Waals surface area contributed by atoms with Gasteiger partial charge < -0.3 is 19.5 Å². The molecule has 0 aromatic heterocycles. The summed E-state index contributed by atoms with van der Waals surface area (Å²) in [6.07, 6.45) is 3.60. The molecule has 3 unspecified atom stereocenters. The highest BCUT2D eigenvalue weighted by Crippen LogP contribution is 2.38. The summed E-state index contributed by atoms with van der Waals surface area (Å²) in [5.41, 5.74) is 0.157. The highest BCUT2D eigenvalue weighted by Gasteiger charge is 2.40. The Balaban J connectivity index is 1.75. The Labute approximate surface area is 114 Å². The van der Waals surface area contributed by atoms with E-state index in [-0.39, 0.29) is 11.7 Å². The molecule has 0 aromatic rings. The number of thioether (sulfide) groups is 1. The minimum atomic E-state index is 0.145. The number of rotatable bonds is 6. The van der Waals surface area contributed by atoms with Crippen molar-refractivity contribution in [2.75, 3.05) is 45.5 Å². The maximum Gasteiger partial charge on any atom is 0.0928 e. The molecule has 4 nitrogen and oxygen atoms in total. The average molecular weight is 275 g/mol. The SMILES string of the molecule is COCC(CNC1CCOC2(CCSC2)C1)OC. The molecule has 0 saturated carbocycles. The van der Waals surface area contributed by atoms with Crippen molar-refractivity contribution in [2.45, 2.75) is 37.0 Å². The molecule has 2 aliphatic heterocycles. The summed E-state index contributed by atoms with van der Waals surface area (Å²) in [5, 5.41) is 3.61. The van der Waals surface area contributed by atoms with E-state index in [0.29, 0.717) is 12.6 Å². The predicted molar refractivity (Wildman–Crippen MR) is 74.3 cm³/mol. The molecule has 18 heavy (non-hydrogen) atoms. The fourth-order valence-electron chi connectivity index (χ4n) is 2.76. The van der Waals surface area contributed by atoms with Crippen LogP contribution in [0.3, 0.4) is 0 Å². The molecule has 0 amide bonds. The predicted octanol–water partition coefficient (Wildman–Crippen LogP) is 1.29. The monoisotopic (exact) mass is 275 g/mol. The minimum Gasteiger partial charge on any atom is -0.382 e. The first-order valence-electron chi connectivity index (χ1n) is 6.75. The van der Waals surface area contributed by atoms with Gasteiger partial charge in [-0.2, -0.15) is 11.8 Å². The maximum absolute atomic E-state index is 6.02. The molecule has 0 aromatic carbocycles. The number of hydrogen-bond acceptors (Lipinski definition) is 5. The average Bonchev–Trinajstić information content (AvgIpc) is 2.82. The minimum absolute atomic E-state index is 0.145. The second kappa shape index (κ2) is 7.10. The van der Waals surface area contributed by atoms with Crippen molar-refractivity contribution >= 4 is 11.8 Å². The van der Waals surface area contributed by atoms with Gasteiger partial charge in [0.05, 0.1) is 18.3 Å². The quantitative estimate of drug-likeness (QED) is 0.791. The molecule has 2 fully saturated rings. The molecule has 0 aliphatic carbocycles. The van der Waals surface area contributed by atoms with Crippen molar-refractivity contribution in [1.82, 2.24) is 5.32 Å². The zero-order valence-electron chi connectivity index (χ0n) is 11.4. The Hall–Kier alpha value is 0.190. The van der Waals surface area contributed by atoms with Crippen molar-refractivity contribution in [2.24, 2.45) is 0 Å². The number of nitrogens with one attached hydrogen (secondary N) is 1. The number of methoxy groups -OCH3 is 2. The van der Waals surface area contributed by atoms with Crippen LogP contribution in [-0.4, -0.2) is 63.2 Å². The van der Waals surface area contributed by atoms with Crippen molar-refractivity contribution in [3.63, 3.8) is 0 Å². The van der Waals surface area contributed by atoms with E-state index in [9.17, 15) is 0 Å². The Bertz CT molecular complexity index is 246. The highest BCUT2D eigenvalue weighted by atomic mass is 32.2. The first-order chi connectivity index (χ1) is 8.78. The van der Waals surface area contributed by atoms with E-state index in [0.717, 1.165) is 31.7 Å². The molecule has 1 spiro atoms. The molecule has 2 heterocycles. The summed E-state index contributed by atoms with van der Waals surface area (Å²) in [5.74, 6) is 2.41. The summed E-state index contributed by atoms with van der Waals surface area (Å²) in [6, 6.07) is 0.562. The van der Waals surface area contributed by atoms with Gasteiger partial charge in [-0.3, -0.25) is 0 Å². The molecule has 5 heteroatoms. The van der Waals surface area contributed by atoms with Crippen molar-refractivity contribution in [3.05, 3.63) is 0 Å². The number of ether oxygens (including phenoxy) is 3. The lowest BCUT2D eigenvalue weighted by molar-refractivity contribution is -0.0721. The second-order valence-corrected chi connectivity index (χ2v) is 6.35. The van der Waals surface area contributed by atoms with E-state index >= 15 is 0 Å². The molecule has 0 bridgehead atoms. The lowest BCUT2D eigenvalue weighted by Gasteiger charge is -2.38. The van der Waals surface area contributed by atoms with Crippen LogP contribution in [0, 0.1) is 0 Å². The van der Waals surface area contributed by atoms with E-state index < -0.39 is 0 Å². The van der Waals surface area contributed by atoms with Crippen LogP contribution in [0.1, 0.15) is 19.3 Å². The third-order valence-corrected chi connectivity index (χ3v) is 5.10. The summed E-state index contributed by atoms with van der Waals surface area (Å²) in [7, 11) is 3.45. The molecule has 106 valence electrons. The first-order valence-corrected chi connectivity index (χ1v) is 7.90. The van der Waals surface area contributed by atoms with Crippen LogP contribution in [0.25, 0.3) is 0 Å². The molecule has 2 saturated heterocycles. The van der Waals surface area contributed by atoms with Crippen LogP contribution < -0.4 is 5.32 Å². The summed E-state index contributed by atoms with van der Waals surface area (Å²) >= 11 is 2.02. The van der Waals surface area contributed by atoms with Gasteiger partial charge in [-0.15, -0.1) is 0 Å². The van der Waals surface area contributed by atoms with Crippen molar-refractivity contribution in [3.8, 4) is 0 Å². The largest absolute Gasteiger partial charge is 0.382 e. The summed E-state index contributed by atoms with van der Waals surface area (Å²) < 4.78 is 16.5. The molecule has 3 atom stereocenters. The lowest BCUT2D eigenvalue weighted by atomic mass is 9.90. The third-order valence-electron chi connectivity index (χ3n) is 3.88. The van der Waals surface area contributed by atoms with Gasteiger partial charge in [0.25, 0.3) is 0 Å². The maximum atomic E-state index is 6.02. The van der Waals surface area contributed by atoms with Crippen LogP contribution in [-0.2, 0) is 14.2 Å². The summed E-state index contributed by atoms with van der Waals surface area (Å²) in [6.45, 7) is 2.39. The van der Waals surface area contributed by atoms with Gasteiger partial charge in [-0.25, -0.2) is 0 Å². The standard InChI is InChI=1S/C13H25NO3S/c1-15-9-12(16-2)8-14-11-3-5-17-13(7-11)4-6-18-10-13/h11-12,14H,3-10H2,1-2H3. The molecular formula is C13H25NO3S. The van der Waals surface area contributed by atoms with Crippen LogP contribution in [0.4, 0.5) is 0 Å². The summed E-state index contributed by atoms with van der Waals surface area (Å²) in [4.78, 5) is 0. The lowest BCUT2D eigenvalue weighted by Crippen LogP contribution is -2.49. The Kier molecular flexibility index (Phi) is 5.76. The van der Waals surface area contributed by atoms with Crippen LogP contribution in [0.2, 0.25) is 0 Å². The molecule has 2 aliphatic rings. The zero-order chi connectivity index (χ0) is 12.8. The van der Waals surface area contributed by atoms with E-state index in [1.807, 2.05) is 11.8 Å². The Morgan fingerprint density at radius 2 is 2.39 bits per heavy atom. The normalized spacial score (nSPS) is 34.0. The first kappa shape index (κ1) is 14.6. The fourth-order valence-corrected chi connectivity index (χ4v) is 4.14. The Morgan fingerprint density at radius 1 is 1.50 bits per heavy atom. The van der Waals surface area contributed by atoms with E-state index in [4.69, 9.17) is 14.2 Å². The third kappa shape index (κ3) is 3.84. The highest BCUT2D eigenvalue weighted by molar-refractivity contribution is 7.99. The Morgan fingerprint density at radius 3 is 3.06 bits per heavy atom. The zero-order valence-corrected chi connectivity index (χ0v) is 12.3. The number of hydrogen-bond donors (Lipinski definition) is 1. The van der Waals surface area contributed by atoms with Gasteiger partial charge in [0.15, 0.2) is 0 Å². The van der Waals surface area contributed by atoms with Crippen LogP contribution in [0.15, 0.2) is 0 Å². The smallest absolute Gasteiger partial charge is 0.0928 e. The molecule has 0 radical (unpaired) electrons. The topological polar surface area (TPSA) is 39.7 Å². The van der Waals surface area contributed by atoms with Gasteiger partial charge in [0.1, 0.15) is 0 Å². The van der Waals surface area contributed by atoms with Crippen molar-refractivity contribution < 1.29 is 14.2 Å². The van der Waals surface area contributed by atoms with E-state index in [2.05, 4.69) is 5.32 Å². The van der Waals surface area contributed by atoms with Crippen molar-refractivity contribution in [1.29, 1.82) is 0 Å². The van der Waals surface area contributed by atoms with Crippen LogP contribution >= 0.6 is 11.8 Å². The van der Waals surface area contributed by atoms with Crippen LogP contribution in [0.5, 0.6) is 0 Å².